The Balaban J connectivity index is 1.56. The van der Waals surface area contributed by atoms with E-state index in [1.807, 2.05) is 0 Å². The van der Waals surface area contributed by atoms with Crippen molar-refractivity contribution < 1.29 is 27.4 Å². The summed E-state index contributed by atoms with van der Waals surface area (Å²) >= 11 is 0. The van der Waals surface area contributed by atoms with Crippen LogP contribution in [0.1, 0.15) is 15.9 Å². The first kappa shape index (κ1) is 18.7. The van der Waals surface area contributed by atoms with E-state index in [0.717, 1.165) is 12.1 Å². The maximum atomic E-state index is 12.9. The standard InChI is InChI=1S/C21H15F3N2O3/c22-21(23,24)13-4-3-5-14(10-13)25-17-7-2-1-6-16(17)20(27)26-15-8-9-18-19(11-15)29-12-28-18/h1-11,25H,12H2,(H,26,27). The zero-order valence-corrected chi connectivity index (χ0v) is 14.9. The van der Waals surface area contributed by atoms with Crippen LogP contribution in [0.15, 0.2) is 66.7 Å². The van der Waals surface area contributed by atoms with Crippen LogP contribution in [0.25, 0.3) is 0 Å². The van der Waals surface area contributed by atoms with Gasteiger partial charge in [-0.2, -0.15) is 13.2 Å². The van der Waals surface area contributed by atoms with Gasteiger partial charge in [0, 0.05) is 17.4 Å². The largest absolute Gasteiger partial charge is 0.454 e. The molecule has 1 aliphatic rings. The summed E-state index contributed by atoms with van der Waals surface area (Å²) in [4.78, 5) is 12.7. The van der Waals surface area contributed by atoms with E-state index >= 15 is 0 Å². The van der Waals surface area contributed by atoms with Gasteiger partial charge in [-0.15, -0.1) is 0 Å². The van der Waals surface area contributed by atoms with Gasteiger partial charge in [-0.25, -0.2) is 0 Å². The highest BCUT2D eigenvalue weighted by Gasteiger charge is 2.30. The molecule has 1 heterocycles. The molecule has 5 nitrogen and oxygen atoms in total. The number of rotatable bonds is 4. The number of fused-ring (bicyclic) bond motifs is 1. The van der Waals surface area contributed by atoms with Crippen molar-refractivity contribution in [3.8, 4) is 11.5 Å². The Bertz CT molecular complexity index is 1070. The van der Waals surface area contributed by atoms with Crippen molar-refractivity contribution in [3.05, 3.63) is 77.9 Å². The number of hydrogen-bond donors (Lipinski definition) is 2. The number of hydrogen-bond acceptors (Lipinski definition) is 4. The molecule has 3 aromatic rings. The molecule has 0 atom stereocenters. The fourth-order valence-corrected chi connectivity index (χ4v) is 2.89. The van der Waals surface area contributed by atoms with E-state index in [-0.39, 0.29) is 18.0 Å². The molecule has 2 N–H and O–H groups in total. The SMILES string of the molecule is O=C(Nc1ccc2c(c1)OCO2)c1ccccc1Nc1cccc(C(F)(F)F)c1. The normalized spacial score (nSPS) is 12.5. The average Bonchev–Trinajstić information content (AvgIpc) is 3.16. The van der Waals surface area contributed by atoms with Crippen LogP contribution in [0.3, 0.4) is 0 Å². The summed E-state index contributed by atoms with van der Waals surface area (Å²) in [6, 6.07) is 16.4. The molecule has 1 aliphatic heterocycles. The molecule has 0 fully saturated rings. The Kier molecular flexibility index (Phi) is 4.75. The average molecular weight is 400 g/mol. The van der Waals surface area contributed by atoms with Crippen LogP contribution in [0.5, 0.6) is 11.5 Å². The van der Waals surface area contributed by atoms with Crippen molar-refractivity contribution in [2.75, 3.05) is 17.4 Å². The van der Waals surface area contributed by atoms with E-state index in [9.17, 15) is 18.0 Å². The molecule has 3 aromatic carbocycles. The van der Waals surface area contributed by atoms with E-state index in [1.54, 1.807) is 42.5 Å². The molecule has 0 bridgehead atoms. The fourth-order valence-electron chi connectivity index (χ4n) is 2.89. The Labute approximate surface area is 164 Å². The summed E-state index contributed by atoms with van der Waals surface area (Å²) in [5.74, 6) is 0.701. The third kappa shape index (κ3) is 4.11. The monoisotopic (exact) mass is 400 g/mol. The van der Waals surface area contributed by atoms with Gasteiger partial charge in [0.2, 0.25) is 6.79 Å². The number of carbonyl (C=O) groups excluding carboxylic acids is 1. The summed E-state index contributed by atoms with van der Waals surface area (Å²) in [6.07, 6.45) is -4.45. The van der Waals surface area contributed by atoms with Crippen molar-refractivity contribution >= 4 is 23.0 Å². The second kappa shape index (κ2) is 7.38. The number of benzene rings is 3. The number of para-hydroxylation sites is 1. The maximum absolute atomic E-state index is 12.9. The van der Waals surface area contributed by atoms with Crippen molar-refractivity contribution in [2.24, 2.45) is 0 Å². The second-order valence-corrected chi connectivity index (χ2v) is 6.27. The van der Waals surface area contributed by atoms with Crippen molar-refractivity contribution in [3.63, 3.8) is 0 Å². The molecule has 4 rings (SSSR count). The van der Waals surface area contributed by atoms with Crippen LogP contribution in [0, 0.1) is 0 Å². The number of alkyl halides is 3. The molecular formula is C21H15F3N2O3. The predicted molar refractivity (Wildman–Crippen MR) is 102 cm³/mol. The highest BCUT2D eigenvalue weighted by molar-refractivity contribution is 6.08. The summed E-state index contributed by atoms with van der Waals surface area (Å²) < 4.78 is 49.3. The lowest BCUT2D eigenvalue weighted by Gasteiger charge is -2.14. The number of carbonyl (C=O) groups is 1. The molecule has 0 radical (unpaired) electrons. The number of ether oxygens (including phenoxy) is 2. The van der Waals surface area contributed by atoms with Gasteiger partial charge >= 0.3 is 6.18 Å². The van der Waals surface area contributed by atoms with Gasteiger partial charge in [-0.3, -0.25) is 4.79 Å². The van der Waals surface area contributed by atoms with Crippen LogP contribution in [-0.2, 0) is 6.18 Å². The lowest BCUT2D eigenvalue weighted by atomic mass is 10.1. The van der Waals surface area contributed by atoms with Crippen LogP contribution in [0.4, 0.5) is 30.2 Å². The first-order valence-electron chi connectivity index (χ1n) is 8.64. The Morgan fingerprint density at radius 3 is 2.48 bits per heavy atom. The van der Waals surface area contributed by atoms with Crippen molar-refractivity contribution in [1.29, 1.82) is 0 Å². The van der Waals surface area contributed by atoms with Gasteiger partial charge in [0.15, 0.2) is 11.5 Å². The highest BCUT2D eigenvalue weighted by Crippen LogP contribution is 2.35. The zero-order chi connectivity index (χ0) is 20.4. The number of halogens is 3. The van der Waals surface area contributed by atoms with Gasteiger partial charge in [0.1, 0.15) is 0 Å². The smallest absolute Gasteiger partial charge is 0.416 e. The highest BCUT2D eigenvalue weighted by atomic mass is 19.4. The van der Waals surface area contributed by atoms with Crippen LogP contribution in [0.2, 0.25) is 0 Å². The third-order valence-corrected chi connectivity index (χ3v) is 4.27. The summed E-state index contributed by atoms with van der Waals surface area (Å²) in [5.41, 5.74) is 0.619. The molecule has 148 valence electrons. The number of anilines is 3. The lowest BCUT2D eigenvalue weighted by molar-refractivity contribution is -0.137. The van der Waals surface area contributed by atoms with E-state index in [1.165, 1.54) is 12.1 Å². The minimum absolute atomic E-state index is 0.122. The lowest BCUT2D eigenvalue weighted by Crippen LogP contribution is -2.14. The molecule has 0 saturated carbocycles. The minimum atomic E-state index is -4.45. The fraction of sp³-hybridized carbons (Fsp3) is 0.0952. The number of amides is 1. The predicted octanol–water partition coefficient (Wildman–Crippen LogP) is 5.43. The molecule has 0 aliphatic carbocycles. The van der Waals surface area contributed by atoms with Gasteiger partial charge in [0.05, 0.1) is 16.8 Å². The minimum Gasteiger partial charge on any atom is -0.454 e. The third-order valence-electron chi connectivity index (χ3n) is 4.27. The van der Waals surface area contributed by atoms with E-state index in [4.69, 9.17) is 9.47 Å². The van der Waals surface area contributed by atoms with E-state index in [2.05, 4.69) is 10.6 Å². The van der Waals surface area contributed by atoms with Crippen molar-refractivity contribution in [1.82, 2.24) is 0 Å². The molecule has 0 spiro atoms. The summed E-state index contributed by atoms with van der Waals surface area (Å²) in [7, 11) is 0. The summed E-state index contributed by atoms with van der Waals surface area (Å²) in [6.45, 7) is 0.122. The van der Waals surface area contributed by atoms with Gasteiger partial charge in [-0.05, 0) is 42.5 Å². The van der Waals surface area contributed by atoms with E-state index < -0.39 is 17.6 Å². The molecule has 0 aromatic heterocycles. The summed E-state index contributed by atoms with van der Waals surface area (Å²) in [5, 5.41) is 5.64. The quantitative estimate of drug-likeness (QED) is 0.613. The molecular weight excluding hydrogens is 385 g/mol. The van der Waals surface area contributed by atoms with E-state index in [0.29, 0.717) is 22.9 Å². The molecule has 8 heteroatoms. The molecule has 29 heavy (non-hydrogen) atoms. The first-order valence-corrected chi connectivity index (χ1v) is 8.64. The van der Waals surface area contributed by atoms with Crippen molar-refractivity contribution in [2.45, 2.75) is 6.18 Å². The first-order chi connectivity index (χ1) is 13.9. The van der Waals surface area contributed by atoms with Gasteiger partial charge in [0.25, 0.3) is 5.91 Å². The topological polar surface area (TPSA) is 59.6 Å². The van der Waals surface area contributed by atoms with Crippen LogP contribution >= 0.6 is 0 Å². The van der Waals surface area contributed by atoms with Crippen LogP contribution < -0.4 is 20.1 Å². The second-order valence-electron chi connectivity index (χ2n) is 6.27. The zero-order valence-electron chi connectivity index (χ0n) is 14.9. The number of nitrogens with one attached hydrogen (secondary N) is 2. The van der Waals surface area contributed by atoms with Gasteiger partial charge in [-0.1, -0.05) is 18.2 Å². The molecule has 0 unspecified atom stereocenters. The Morgan fingerprint density at radius 2 is 1.66 bits per heavy atom. The van der Waals surface area contributed by atoms with Gasteiger partial charge < -0.3 is 20.1 Å². The molecule has 0 saturated heterocycles. The Hall–Kier alpha value is -3.68. The Morgan fingerprint density at radius 1 is 0.862 bits per heavy atom. The maximum Gasteiger partial charge on any atom is 0.416 e. The molecule has 1 amide bonds. The van der Waals surface area contributed by atoms with Crippen LogP contribution in [-0.4, -0.2) is 12.7 Å².